The summed E-state index contributed by atoms with van der Waals surface area (Å²) < 4.78 is 36.5. The van der Waals surface area contributed by atoms with Crippen LogP contribution in [0, 0.1) is 16.7 Å². The monoisotopic (exact) mass is 355 g/mol. The van der Waals surface area contributed by atoms with Crippen LogP contribution >= 0.6 is 0 Å². The van der Waals surface area contributed by atoms with E-state index in [0.717, 1.165) is 0 Å². The fraction of sp³-hybridized carbons (Fsp3) is 0.222. The van der Waals surface area contributed by atoms with Gasteiger partial charge in [-0.05, 0) is 29.8 Å². The van der Waals surface area contributed by atoms with Gasteiger partial charge in [0.05, 0.1) is 11.0 Å². The molecule has 0 bridgehead atoms. The van der Waals surface area contributed by atoms with Gasteiger partial charge in [0, 0.05) is 5.92 Å². The van der Waals surface area contributed by atoms with Gasteiger partial charge in [0.25, 0.3) is 0 Å². The van der Waals surface area contributed by atoms with E-state index in [-0.39, 0.29) is 11.7 Å². The molecule has 0 amide bonds. The zero-order valence-corrected chi connectivity index (χ0v) is 13.8. The first-order valence-electron chi connectivity index (χ1n) is 7.60. The minimum atomic E-state index is -3.83. The number of benzene rings is 2. The van der Waals surface area contributed by atoms with Crippen LogP contribution in [0.5, 0.6) is 11.5 Å². The van der Waals surface area contributed by atoms with Gasteiger partial charge in [0.15, 0.2) is 21.3 Å². The number of hydrogen-bond donors (Lipinski definition) is 0. The molecule has 1 aliphatic heterocycles. The quantitative estimate of drug-likeness (QED) is 0.780. The van der Waals surface area contributed by atoms with Crippen molar-refractivity contribution in [3.8, 4) is 17.6 Å². The Morgan fingerprint density at radius 1 is 1.12 bits per heavy atom. The number of rotatable bonds is 4. The maximum Gasteiger partial charge on any atom is 0.231 e. The molecule has 25 heavy (non-hydrogen) atoms. The predicted molar refractivity (Wildman–Crippen MR) is 86.8 cm³/mol. The molecule has 1 fully saturated rings. The second-order valence-corrected chi connectivity index (χ2v) is 8.10. The fourth-order valence-electron chi connectivity index (χ4n) is 3.42. The largest absolute Gasteiger partial charge is 0.454 e. The molecular formula is C18H13NO5S. The summed E-state index contributed by atoms with van der Waals surface area (Å²) in [5.41, 5.74) is -1.02. The Morgan fingerprint density at radius 3 is 2.52 bits per heavy atom. The maximum atomic E-state index is 13.0. The third-order valence-corrected chi connectivity index (χ3v) is 6.99. The molecule has 0 spiro atoms. The van der Waals surface area contributed by atoms with E-state index in [1.807, 2.05) is 6.07 Å². The third-order valence-electron chi connectivity index (χ3n) is 4.73. The maximum absolute atomic E-state index is 13.0. The SMILES string of the molecule is N#C[C@]1(C=O)[C@H](c2ccc3c(c2)OCO3)[C@H]1S(=O)(=O)c1ccccc1. The van der Waals surface area contributed by atoms with Crippen LogP contribution in [-0.4, -0.2) is 26.7 Å². The Morgan fingerprint density at radius 2 is 1.84 bits per heavy atom. The first-order valence-corrected chi connectivity index (χ1v) is 9.15. The van der Waals surface area contributed by atoms with Crippen LogP contribution in [0.2, 0.25) is 0 Å². The van der Waals surface area contributed by atoms with Crippen molar-refractivity contribution in [3.05, 3.63) is 54.1 Å². The molecule has 6 nitrogen and oxygen atoms in total. The Hall–Kier alpha value is -2.85. The molecule has 2 aliphatic rings. The summed E-state index contributed by atoms with van der Waals surface area (Å²) in [6.07, 6.45) is 0.452. The highest BCUT2D eigenvalue weighted by Crippen LogP contribution is 2.63. The average Bonchev–Trinajstić information content (AvgIpc) is 3.12. The summed E-state index contributed by atoms with van der Waals surface area (Å²) in [5, 5.41) is 8.44. The molecule has 1 aliphatic carbocycles. The van der Waals surface area contributed by atoms with Crippen molar-refractivity contribution in [2.24, 2.45) is 5.41 Å². The van der Waals surface area contributed by atoms with Gasteiger partial charge >= 0.3 is 0 Å². The summed E-state index contributed by atoms with van der Waals surface area (Å²) >= 11 is 0. The van der Waals surface area contributed by atoms with E-state index in [1.54, 1.807) is 36.4 Å². The number of aldehydes is 1. The van der Waals surface area contributed by atoms with Crippen LogP contribution < -0.4 is 9.47 Å². The highest BCUT2D eigenvalue weighted by molar-refractivity contribution is 7.92. The number of carbonyl (C=O) groups excluding carboxylic acids is 1. The molecule has 7 heteroatoms. The molecule has 4 rings (SSSR count). The molecule has 0 saturated heterocycles. The van der Waals surface area contributed by atoms with E-state index < -0.39 is 26.4 Å². The van der Waals surface area contributed by atoms with Crippen LogP contribution in [0.3, 0.4) is 0 Å². The third kappa shape index (κ3) is 2.14. The Labute approximate surface area is 144 Å². The normalized spacial score (nSPS) is 26.7. The molecule has 1 saturated carbocycles. The number of sulfone groups is 1. The van der Waals surface area contributed by atoms with Crippen LogP contribution in [-0.2, 0) is 14.6 Å². The number of fused-ring (bicyclic) bond motifs is 1. The van der Waals surface area contributed by atoms with Gasteiger partial charge in [-0.1, -0.05) is 24.3 Å². The molecule has 0 unspecified atom stereocenters. The van der Waals surface area contributed by atoms with Crippen LogP contribution in [0.1, 0.15) is 11.5 Å². The zero-order valence-electron chi connectivity index (χ0n) is 13.0. The van der Waals surface area contributed by atoms with E-state index in [4.69, 9.17) is 9.47 Å². The molecule has 2 aromatic carbocycles. The van der Waals surface area contributed by atoms with Gasteiger partial charge in [0.1, 0.15) is 17.0 Å². The topological polar surface area (TPSA) is 93.5 Å². The Bertz CT molecular complexity index is 996. The number of carbonyl (C=O) groups is 1. The van der Waals surface area contributed by atoms with E-state index in [0.29, 0.717) is 23.3 Å². The van der Waals surface area contributed by atoms with Gasteiger partial charge < -0.3 is 14.3 Å². The van der Waals surface area contributed by atoms with E-state index in [1.165, 1.54) is 12.1 Å². The van der Waals surface area contributed by atoms with E-state index >= 15 is 0 Å². The van der Waals surface area contributed by atoms with Crippen LogP contribution in [0.25, 0.3) is 0 Å². The lowest BCUT2D eigenvalue weighted by molar-refractivity contribution is -0.110. The molecule has 0 aromatic heterocycles. The van der Waals surface area contributed by atoms with Crippen molar-refractivity contribution in [2.45, 2.75) is 16.1 Å². The standard InChI is InChI=1S/C18H13NO5S/c19-9-18(10-20)16(12-6-7-14-15(8-12)24-11-23-14)17(18)25(21,22)13-4-2-1-3-5-13/h1-8,10,16-17H,11H2/t16-,17-,18+/m1/s1. The number of nitrogens with zero attached hydrogens (tertiary/aromatic N) is 1. The van der Waals surface area contributed by atoms with Gasteiger partial charge in [-0.3, -0.25) is 0 Å². The molecule has 0 radical (unpaired) electrons. The van der Waals surface area contributed by atoms with Crippen LogP contribution in [0.15, 0.2) is 53.4 Å². The van der Waals surface area contributed by atoms with Gasteiger partial charge in [-0.2, -0.15) is 5.26 Å². The molecule has 2 aromatic rings. The first-order chi connectivity index (χ1) is 12.0. The van der Waals surface area contributed by atoms with E-state index in [2.05, 4.69) is 0 Å². The lowest BCUT2D eigenvalue weighted by Crippen LogP contribution is -2.16. The van der Waals surface area contributed by atoms with Crippen molar-refractivity contribution < 1.29 is 22.7 Å². The van der Waals surface area contributed by atoms with E-state index in [9.17, 15) is 18.5 Å². The van der Waals surface area contributed by atoms with Crippen LogP contribution in [0.4, 0.5) is 0 Å². The van der Waals surface area contributed by atoms with Gasteiger partial charge in [0.2, 0.25) is 6.79 Å². The molecular weight excluding hydrogens is 342 g/mol. The first kappa shape index (κ1) is 15.7. The van der Waals surface area contributed by atoms with Crippen molar-refractivity contribution >= 4 is 16.1 Å². The minimum Gasteiger partial charge on any atom is -0.454 e. The number of hydrogen-bond acceptors (Lipinski definition) is 6. The highest BCUT2D eigenvalue weighted by atomic mass is 32.2. The smallest absolute Gasteiger partial charge is 0.231 e. The average molecular weight is 355 g/mol. The summed E-state index contributed by atoms with van der Waals surface area (Å²) in [7, 11) is -3.83. The Balaban J connectivity index is 1.80. The molecule has 0 N–H and O–H groups in total. The fourth-order valence-corrected chi connectivity index (χ4v) is 5.68. The zero-order chi connectivity index (χ0) is 17.7. The lowest BCUT2D eigenvalue weighted by atomic mass is 10.0. The molecule has 3 atom stereocenters. The minimum absolute atomic E-state index is 0.0896. The summed E-state index contributed by atoms with van der Waals surface area (Å²) in [4.78, 5) is 11.8. The van der Waals surface area contributed by atoms with Gasteiger partial charge in [-0.25, -0.2) is 8.42 Å². The lowest BCUT2D eigenvalue weighted by Gasteiger charge is -2.04. The van der Waals surface area contributed by atoms with Crippen molar-refractivity contribution in [1.29, 1.82) is 5.26 Å². The highest BCUT2D eigenvalue weighted by Gasteiger charge is 2.72. The second-order valence-electron chi connectivity index (χ2n) is 6.03. The summed E-state index contributed by atoms with van der Waals surface area (Å²) in [6.45, 7) is 0.0896. The summed E-state index contributed by atoms with van der Waals surface area (Å²) in [5.74, 6) is 0.299. The summed E-state index contributed by atoms with van der Waals surface area (Å²) in [6, 6.07) is 14.8. The van der Waals surface area contributed by atoms with Crippen molar-refractivity contribution in [2.75, 3.05) is 6.79 Å². The number of nitriles is 1. The second kappa shape index (κ2) is 5.33. The molecule has 126 valence electrons. The van der Waals surface area contributed by atoms with Crippen molar-refractivity contribution in [3.63, 3.8) is 0 Å². The van der Waals surface area contributed by atoms with Crippen molar-refractivity contribution in [1.82, 2.24) is 0 Å². The van der Waals surface area contributed by atoms with Gasteiger partial charge in [-0.15, -0.1) is 0 Å². The Kier molecular flexibility index (Phi) is 3.34. The molecule has 1 heterocycles. The predicted octanol–water partition coefficient (Wildman–Crippen LogP) is 2.06. The number of ether oxygens (including phenoxy) is 2.